The van der Waals surface area contributed by atoms with E-state index in [1.807, 2.05) is 24.3 Å². The van der Waals surface area contributed by atoms with Crippen LogP contribution in [0.2, 0.25) is 0 Å². The Morgan fingerprint density at radius 2 is 2.06 bits per heavy atom. The lowest BCUT2D eigenvalue weighted by Crippen LogP contribution is -2.11. The Kier molecular flexibility index (Phi) is 4.43. The van der Waals surface area contributed by atoms with Gasteiger partial charge in [0.05, 0.1) is 13.2 Å². The van der Waals surface area contributed by atoms with Crippen LogP contribution in [0.1, 0.15) is 50.2 Å². The zero-order valence-electron chi connectivity index (χ0n) is 10.6. The average Bonchev–Trinajstić information content (AvgIpc) is 2.40. The largest absolute Gasteiger partial charge is 0.497 e. The third-order valence-electron chi connectivity index (χ3n) is 3.76. The molecule has 1 aliphatic carbocycles. The van der Waals surface area contributed by atoms with Gasteiger partial charge in [-0.05, 0) is 30.0 Å². The molecular weight excluding hydrogens is 212 g/mol. The fourth-order valence-electron chi connectivity index (χ4n) is 2.72. The molecule has 1 fully saturated rings. The number of rotatable bonds is 4. The van der Waals surface area contributed by atoms with Gasteiger partial charge in [-0.3, -0.25) is 0 Å². The number of hydrogen-bond donors (Lipinski definition) is 1. The maximum Gasteiger partial charge on any atom is 0.119 e. The molecule has 2 nitrogen and oxygen atoms in total. The SMILES string of the molecule is COc1cccc(C(O)CC2CCCCC2)c1. The van der Waals surface area contributed by atoms with E-state index < -0.39 is 0 Å². The van der Waals surface area contributed by atoms with E-state index in [1.165, 1.54) is 32.1 Å². The molecule has 1 atom stereocenters. The molecule has 2 rings (SSSR count). The molecular formula is C15H22O2. The Labute approximate surface area is 104 Å². The summed E-state index contributed by atoms with van der Waals surface area (Å²) < 4.78 is 5.18. The maximum atomic E-state index is 10.2. The van der Waals surface area contributed by atoms with E-state index in [1.54, 1.807) is 7.11 Å². The zero-order valence-corrected chi connectivity index (χ0v) is 10.6. The molecule has 1 aromatic carbocycles. The van der Waals surface area contributed by atoms with E-state index in [0.29, 0.717) is 5.92 Å². The van der Waals surface area contributed by atoms with E-state index in [-0.39, 0.29) is 6.10 Å². The van der Waals surface area contributed by atoms with Gasteiger partial charge in [-0.25, -0.2) is 0 Å². The van der Waals surface area contributed by atoms with Gasteiger partial charge >= 0.3 is 0 Å². The molecule has 0 heterocycles. The first kappa shape index (κ1) is 12.4. The van der Waals surface area contributed by atoms with Crippen LogP contribution >= 0.6 is 0 Å². The first-order valence-electron chi connectivity index (χ1n) is 6.61. The highest BCUT2D eigenvalue weighted by atomic mass is 16.5. The van der Waals surface area contributed by atoms with Crippen LogP contribution in [-0.2, 0) is 0 Å². The molecule has 0 saturated heterocycles. The van der Waals surface area contributed by atoms with Crippen molar-refractivity contribution in [2.45, 2.75) is 44.6 Å². The third-order valence-corrected chi connectivity index (χ3v) is 3.76. The second-order valence-electron chi connectivity index (χ2n) is 5.03. The van der Waals surface area contributed by atoms with Gasteiger partial charge in [-0.2, -0.15) is 0 Å². The van der Waals surface area contributed by atoms with Crippen LogP contribution in [-0.4, -0.2) is 12.2 Å². The van der Waals surface area contributed by atoms with Crippen molar-refractivity contribution in [2.75, 3.05) is 7.11 Å². The van der Waals surface area contributed by atoms with Crippen molar-refractivity contribution < 1.29 is 9.84 Å². The minimum absolute atomic E-state index is 0.340. The molecule has 0 spiro atoms. The highest BCUT2D eigenvalue weighted by Gasteiger charge is 2.18. The molecule has 1 N–H and O–H groups in total. The van der Waals surface area contributed by atoms with Gasteiger partial charge in [-0.1, -0.05) is 44.2 Å². The molecule has 2 heteroatoms. The first-order chi connectivity index (χ1) is 8.29. The number of aliphatic hydroxyl groups excluding tert-OH is 1. The number of benzene rings is 1. The minimum Gasteiger partial charge on any atom is -0.497 e. The van der Waals surface area contributed by atoms with Crippen molar-refractivity contribution >= 4 is 0 Å². The lowest BCUT2D eigenvalue weighted by Gasteiger charge is -2.24. The van der Waals surface area contributed by atoms with Crippen LogP contribution in [0.15, 0.2) is 24.3 Å². The minimum atomic E-state index is -0.340. The summed E-state index contributed by atoms with van der Waals surface area (Å²) in [5.74, 6) is 1.52. The summed E-state index contributed by atoms with van der Waals surface area (Å²) in [6.45, 7) is 0. The molecule has 0 bridgehead atoms. The first-order valence-corrected chi connectivity index (χ1v) is 6.61. The summed E-state index contributed by atoms with van der Waals surface area (Å²) in [5.41, 5.74) is 0.981. The predicted octanol–water partition coefficient (Wildman–Crippen LogP) is 3.70. The van der Waals surface area contributed by atoms with Crippen LogP contribution < -0.4 is 4.74 Å². The van der Waals surface area contributed by atoms with Crippen molar-refractivity contribution in [3.05, 3.63) is 29.8 Å². The van der Waals surface area contributed by atoms with Gasteiger partial charge in [0.15, 0.2) is 0 Å². The molecule has 0 aliphatic heterocycles. The quantitative estimate of drug-likeness (QED) is 0.860. The standard InChI is InChI=1S/C15H22O2/c1-17-14-9-5-8-13(11-14)15(16)10-12-6-3-2-4-7-12/h5,8-9,11-12,15-16H,2-4,6-7,10H2,1H3. The number of methoxy groups -OCH3 is 1. The zero-order chi connectivity index (χ0) is 12.1. The Balaban J connectivity index is 1.95. The molecule has 1 unspecified atom stereocenters. The lowest BCUT2D eigenvalue weighted by atomic mass is 9.84. The molecule has 0 amide bonds. The van der Waals surface area contributed by atoms with Crippen LogP contribution in [0.5, 0.6) is 5.75 Å². The van der Waals surface area contributed by atoms with E-state index in [9.17, 15) is 5.11 Å². The molecule has 1 aromatic rings. The molecule has 0 aromatic heterocycles. The van der Waals surface area contributed by atoms with E-state index in [4.69, 9.17) is 4.74 Å². The highest BCUT2D eigenvalue weighted by molar-refractivity contribution is 5.29. The molecule has 1 saturated carbocycles. The van der Waals surface area contributed by atoms with Crippen molar-refractivity contribution in [1.29, 1.82) is 0 Å². The summed E-state index contributed by atoms with van der Waals surface area (Å²) >= 11 is 0. The normalized spacial score (nSPS) is 18.9. The number of ether oxygens (including phenoxy) is 1. The van der Waals surface area contributed by atoms with Gasteiger partial charge < -0.3 is 9.84 Å². The second kappa shape index (κ2) is 6.06. The van der Waals surface area contributed by atoms with E-state index in [0.717, 1.165) is 17.7 Å². The second-order valence-corrected chi connectivity index (χ2v) is 5.03. The number of aliphatic hydroxyl groups is 1. The van der Waals surface area contributed by atoms with Crippen molar-refractivity contribution in [3.63, 3.8) is 0 Å². The lowest BCUT2D eigenvalue weighted by molar-refractivity contribution is 0.131. The fraction of sp³-hybridized carbons (Fsp3) is 0.600. The summed E-state index contributed by atoms with van der Waals surface area (Å²) in [6.07, 6.45) is 7.14. The topological polar surface area (TPSA) is 29.5 Å². The van der Waals surface area contributed by atoms with Gasteiger partial charge in [0.1, 0.15) is 5.75 Å². The van der Waals surface area contributed by atoms with Crippen LogP contribution in [0.3, 0.4) is 0 Å². The molecule has 17 heavy (non-hydrogen) atoms. The third kappa shape index (κ3) is 3.47. The Morgan fingerprint density at radius 1 is 1.29 bits per heavy atom. The van der Waals surface area contributed by atoms with Gasteiger partial charge in [-0.15, -0.1) is 0 Å². The van der Waals surface area contributed by atoms with E-state index in [2.05, 4.69) is 0 Å². The maximum absolute atomic E-state index is 10.2. The van der Waals surface area contributed by atoms with Crippen LogP contribution in [0.4, 0.5) is 0 Å². The van der Waals surface area contributed by atoms with Crippen molar-refractivity contribution in [2.24, 2.45) is 5.92 Å². The van der Waals surface area contributed by atoms with Crippen LogP contribution in [0, 0.1) is 5.92 Å². The van der Waals surface area contributed by atoms with Gasteiger partial charge in [0, 0.05) is 0 Å². The van der Waals surface area contributed by atoms with Crippen LogP contribution in [0.25, 0.3) is 0 Å². The summed E-state index contributed by atoms with van der Waals surface area (Å²) in [6, 6.07) is 7.78. The smallest absolute Gasteiger partial charge is 0.119 e. The molecule has 94 valence electrons. The highest BCUT2D eigenvalue weighted by Crippen LogP contribution is 2.32. The Bertz CT molecular complexity index is 343. The summed E-state index contributed by atoms with van der Waals surface area (Å²) in [5, 5.41) is 10.2. The fourth-order valence-corrected chi connectivity index (χ4v) is 2.72. The van der Waals surface area contributed by atoms with Crippen molar-refractivity contribution in [1.82, 2.24) is 0 Å². The summed E-state index contributed by atoms with van der Waals surface area (Å²) in [7, 11) is 1.66. The van der Waals surface area contributed by atoms with Gasteiger partial charge in [0.25, 0.3) is 0 Å². The Morgan fingerprint density at radius 3 is 2.76 bits per heavy atom. The number of hydrogen-bond acceptors (Lipinski definition) is 2. The van der Waals surface area contributed by atoms with E-state index >= 15 is 0 Å². The van der Waals surface area contributed by atoms with Crippen molar-refractivity contribution in [3.8, 4) is 5.75 Å². The average molecular weight is 234 g/mol. The Hall–Kier alpha value is -1.02. The molecule has 1 aliphatic rings. The predicted molar refractivity (Wildman–Crippen MR) is 69.1 cm³/mol. The monoisotopic (exact) mass is 234 g/mol. The molecule has 0 radical (unpaired) electrons. The van der Waals surface area contributed by atoms with Gasteiger partial charge in [0.2, 0.25) is 0 Å². The summed E-state index contributed by atoms with van der Waals surface area (Å²) in [4.78, 5) is 0.